The average Bonchev–Trinajstić information content (AvgIpc) is 2.78. The van der Waals surface area contributed by atoms with Gasteiger partial charge in [-0.1, -0.05) is 25.0 Å². The van der Waals surface area contributed by atoms with Gasteiger partial charge in [0.1, 0.15) is 5.75 Å². The Labute approximate surface area is 104 Å². The molecule has 1 aromatic rings. The molecule has 1 aliphatic rings. The summed E-state index contributed by atoms with van der Waals surface area (Å²) in [6.07, 6.45) is 5.49. The number of phenols is 1. The number of phenolic OH excluding ortho intramolecular Hbond substituents is 1. The van der Waals surface area contributed by atoms with Crippen LogP contribution in [-0.2, 0) is 0 Å². The van der Waals surface area contributed by atoms with Gasteiger partial charge in [-0.3, -0.25) is 0 Å². The predicted molar refractivity (Wildman–Crippen MR) is 71.2 cm³/mol. The molecule has 1 unspecified atom stereocenters. The SMILES string of the molecule is Cc1ccc(C(C)NCC2CCCC2)c(O)c1. The van der Waals surface area contributed by atoms with Crippen molar-refractivity contribution in [2.75, 3.05) is 6.54 Å². The highest BCUT2D eigenvalue weighted by Gasteiger charge is 2.16. The van der Waals surface area contributed by atoms with Crippen LogP contribution in [0.4, 0.5) is 0 Å². The van der Waals surface area contributed by atoms with Gasteiger partial charge < -0.3 is 10.4 Å². The first-order valence-corrected chi connectivity index (χ1v) is 6.69. The molecule has 0 amide bonds. The highest BCUT2D eigenvalue weighted by atomic mass is 16.3. The van der Waals surface area contributed by atoms with Crippen LogP contribution >= 0.6 is 0 Å². The summed E-state index contributed by atoms with van der Waals surface area (Å²) in [5.74, 6) is 1.25. The fourth-order valence-corrected chi connectivity index (χ4v) is 2.69. The van der Waals surface area contributed by atoms with Gasteiger partial charge in [-0.2, -0.15) is 0 Å². The molecule has 2 N–H and O–H groups in total. The molecule has 2 heteroatoms. The van der Waals surface area contributed by atoms with Crippen molar-refractivity contribution >= 4 is 0 Å². The first-order valence-electron chi connectivity index (χ1n) is 6.69. The summed E-state index contributed by atoms with van der Waals surface area (Å²) in [4.78, 5) is 0. The second kappa shape index (κ2) is 5.54. The highest BCUT2D eigenvalue weighted by molar-refractivity contribution is 5.37. The fourth-order valence-electron chi connectivity index (χ4n) is 2.69. The smallest absolute Gasteiger partial charge is 0.120 e. The molecule has 94 valence electrons. The number of nitrogens with one attached hydrogen (secondary N) is 1. The Morgan fingerprint density at radius 2 is 2.06 bits per heavy atom. The number of rotatable bonds is 4. The van der Waals surface area contributed by atoms with Gasteiger partial charge >= 0.3 is 0 Å². The van der Waals surface area contributed by atoms with E-state index in [9.17, 15) is 5.11 Å². The molecular weight excluding hydrogens is 210 g/mol. The summed E-state index contributed by atoms with van der Waals surface area (Å²) < 4.78 is 0. The van der Waals surface area contributed by atoms with Gasteiger partial charge in [0.05, 0.1) is 0 Å². The van der Waals surface area contributed by atoms with Gasteiger partial charge in [-0.25, -0.2) is 0 Å². The third-order valence-electron chi connectivity index (χ3n) is 3.84. The van der Waals surface area contributed by atoms with Crippen molar-refractivity contribution in [3.63, 3.8) is 0 Å². The maximum Gasteiger partial charge on any atom is 0.120 e. The van der Waals surface area contributed by atoms with Crippen LogP contribution in [-0.4, -0.2) is 11.7 Å². The third kappa shape index (κ3) is 3.22. The topological polar surface area (TPSA) is 32.3 Å². The molecule has 1 saturated carbocycles. The molecule has 0 saturated heterocycles. The first kappa shape index (κ1) is 12.4. The Balaban J connectivity index is 1.91. The van der Waals surface area contributed by atoms with Gasteiger partial charge in [0.15, 0.2) is 0 Å². The van der Waals surface area contributed by atoms with E-state index >= 15 is 0 Å². The van der Waals surface area contributed by atoms with E-state index in [4.69, 9.17) is 0 Å². The standard InChI is InChI=1S/C15H23NO/c1-11-7-8-14(15(17)9-11)12(2)16-10-13-5-3-4-6-13/h7-9,12-13,16-17H,3-6,10H2,1-2H3. The van der Waals surface area contributed by atoms with Crippen LogP contribution in [0.5, 0.6) is 5.75 Å². The normalized spacial score (nSPS) is 18.5. The molecule has 0 bridgehead atoms. The van der Waals surface area contributed by atoms with E-state index in [0.717, 1.165) is 23.6 Å². The second-order valence-electron chi connectivity index (χ2n) is 5.34. The summed E-state index contributed by atoms with van der Waals surface area (Å²) in [5.41, 5.74) is 2.11. The van der Waals surface area contributed by atoms with E-state index in [0.29, 0.717) is 5.75 Å². The van der Waals surface area contributed by atoms with E-state index in [2.05, 4.69) is 18.3 Å². The molecule has 2 rings (SSSR count). The zero-order chi connectivity index (χ0) is 12.3. The van der Waals surface area contributed by atoms with Crippen LogP contribution in [0.2, 0.25) is 0 Å². The van der Waals surface area contributed by atoms with Crippen molar-refractivity contribution in [1.82, 2.24) is 5.32 Å². The molecule has 1 fully saturated rings. The van der Waals surface area contributed by atoms with E-state index < -0.39 is 0 Å². The molecule has 1 atom stereocenters. The van der Waals surface area contributed by atoms with E-state index in [-0.39, 0.29) is 6.04 Å². The molecular formula is C15H23NO. The van der Waals surface area contributed by atoms with Crippen molar-refractivity contribution in [3.05, 3.63) is 29.3 Å². The maximum atomic E-state index is 9.91. The molecule has 1 aromatic carbocycles. The number of hydrogen-bond donors (Lipinski definition) is 2. The number of hydrogen-bond acceptors (Lipinski definition) is 2. The van der Waals surface area contributed by atoms with Crippen molar-refractivity contribution < 1.29 is 5.11 Å². The number of aryl methyl sites for hydroxylation is 1. The third-order valence-corrected chi connectivity index (χ3v) is 3.84. The first-order chi connectivity index (χ1) is 8.16. The Bertz CT molecular complexity index is 369. The Hall–Kier alpha value is -1.02. The molecule has 0 heterocycles. The minimum atomic E-state index is 0.233. The zero-order valence-electron chi connectivity index (χ0n) is 10.9. The van der Waals surface area contributed by atoms with Gasteiger partial charge in [0.25, 0.3) is 0 Å². The Morgan fingerprint density at radius 1 is 1.35 bits per heavy atom. The van der Waals surface area contributed by atoms with Crippen LogP contribution < -0.4 is 5.32 Å². The van der Waals surface area contributed by atoms with Crippen molar-refractivity contribution in [2.45, 2.75) is 45.6 Å². The zero-order valence-corrected chi connectivity index (χ0v) is 10.9. The van der Waals surface area contributed by atoms with Crippen LogP contribution in [0.15, 0.2) is 18.2 Å². The minimum Gasteiger partial charge on any atom is -0.508 e. The predicted octanol–water partition coefficient (Wildman–Crippen LogP) is 3.54. The lowest BCUT2D eigenvalue weighted by Crippen LogP contribution is -2.24. The Morgan fingerprint density at radius 3 is 2.71 bits per heavy atom. The largest absolute Gasteiger partial charge is 0.508 e. The fraction of sp³-hybridized carbons (Fsp3) is 0.600. The van der Waals surface area contributed by atoms with Crippen LogP contribution in [0.3, 0.4) is 0 Å². The van der Waals surface area contributed by atoms with Gasteiger partial charge in [-0.05, 0) is 50.8 Å². The van der Waals surface area contributed by atoms with E-state index in [1.54, 1.807) is 0 Å². The van der Waals surface area contributed by atoms with Crippen molar-refractivity contribution in [1.29, 1.82) is 0 Å². The van der Waals surface area contributed by atoms with Crippen LogP contribution in [0, 0.1) is 12.8 Å². The van der Waals surface area contributed by atoms with Gasteiger partial charge in [0.2, 0.25) is 0 Å². The van der Waals surface area contributed by atoms with Crippen molar-refractivity contribution in [2.24, 2.45) is 5.92 Å². The molecule has 0 aromatic heterocycles. The lowest BCUT2D eigenvalue weighted by atomic mass is 10.0. The Kier molecular flexibility index (Phi) is 4.06. The average molecular weight is 233 g/mol. The quantitative estimate of drug-likeness (QED) is 0.833. The minimum absolute atomic E-state index is 0.233. The molecule has 0 spiro atoms. The highest BCUT2D eigenvalue weighted by Crippen LogP contribution is 2.27. The summed E-state index contributed by atoms with van der Waals surface area (Å²) in [6, 6.07) is 6.15. The van der Waals surface area contributed by atoms with Crippen molar-refractivity contribution in [3.8, 4) is 5.75 Å². The summed E-state index contributed by atoms with van der Waals surface area (Å²) in [6.45, 7) is 5.20. The monoisotopic (exact) mass is 233 g/mol. The molecule has 2 nitrogen and oxygen atoms in total. The van der Waals surface area contributed by atoms with E-state index in [1.807, 2.05) is 19.1 Å². The van der Waals surface area contributed by atoms with Gasteiger partial charge in [-0.15, -0.1) is 0 Å². The molecule has 0 radical (unpaired) electrons. The van der Waals surface area contributed by atoms with Gasteiger partial charge in [0, 0.05) is 11.6 Å². The lowest BCUT2D eigenvalue weighted by molar-refractivity contribution is 0.427. The lowest BCUT2D eigenvalue weighted by Gasteiger charge is -2.18. The number of benzene rings is 1. The van der Waals surface area contributed by atoms with Crippen LogP contribution in [0.25, 0.3) is 0 Å². The maximum absolute atomic E-state index is 9.91. The second-order valence-corrected chi connectivity index (χ2v) is 5.34. The summed E-state index contributed by atoms with van der Waals surface area (Å²) in [7, 11) is 0. The summed E-state index contributed by atoms with van der Waals surface area (Å²) >= 11 is 0. The molecule has 0 aliphatic heterocycles. The van der Waals surface area contributed by atoms with E-state index in [1.165, 1.54) is 25.7 Å². The van der Waals surface area contributed by atoms with Crippen LogP contribution in [0.1, 0.15) is 49.8 Å². The number of aromatic hydroxyl groups is 1. The summed E-state index contributed by atoms with van der Waals surface area (Å²) in [5, 5.41) is 13.5. The molecule has 1 aliphatic carbocycles. The molecule has 17 heavy (non-hydrogen) atoms.